The van der Waals surface area contributed by atoms with Crippen molar-refractivity contribution >= 4 is 6.03 Å². The molecule has 0 saturated carbocycles. The van der Waals surface area contributed by atoms with E-state index in [-0.39, 0.29) is 29.5 Å². The second-order valence-corrected chi connectivity index (χ2v) is 8.89. The fourth-order valence-electron chi connectivity index (χ4n) is 5.08. The first-order valence-corrected chi connectivity index (χ1v) is 10.2. The predicted molar refractivity (Wildman–Crippen MR) is 101 cm³/mol. The van der Waals surface area contributed by atoms with Gasteiger partial charge in [0.2, 0.25) is 0 Å². The molecule has 11 heteroatoms. The van der Waals surface area contributed by atoms with E-state index in [0.29, 0.717) is 45.3 Å². The third kappa shape index (κ3) is 3.75. The van der Waals surface area contributed by atoms with Gasteiger partial charge in [0.25, 0.3) is 0 Å². The molecule has 0 radical (unpaired) electrons. The Kier molecular flexibility index (Phi) is 4.68. The van der Waals surface area contributed by atoms with E-state index in [2.05, 4.69) is 15.2 Å². The average molecular weight is 438 g/mol. The van der Waals surface area contributed by atoms with E-state index >= 15 is 0 Å². The Morgan fingerprint density at radius 2 is 1.97 bits per heavy atom. The van der Waals surface area contributed by atoms with E-state index in [1.807, 2.05) is 9.80 Å². The zero-order valence-corrected chi connectivity index (χ0v) is 16.7. The Hall–Kier alpha value is -2.69. The van der Waals surface area contributed by atoms with Crippen LogP contribution in [-0.4, -0.2) is 75.2 Å². The molecule has 166 valence electrons. The number of hydrogen-bond acceptors (Lipinski definition) is 4. The molecule has 4 heterocycles. The topological polar surface area (TPSA) is 68.4 Å². The zero-order valence-electron chi connectivity index (χ0n) is 16.7. The van der Waals surface area contributed by atoms with Gasteiger partial charge in [0.1, 0.15) is 18.0 Å². The number of amides is 2. The second-order valence-electron chi connectivity index (χ2n) is 8.89. The van der Waals surface area contributed by atoms with Crippen LogP contribution >= 0.6 is 0 Å². The van der Waals surface area contributed by atoms with Gasteiger partial charge in [0.05, 0.1) is 5.56 Å². The van der Waals surface area contributed by atoms with E-state index < -0.39 is 17.6 Å². The van der Waals surface area contributed by atoms with Crippen LogP contribution < -0.4 is 0 Å². The van der Waals surface area contributed by atoms with Gasteiger partial charge in [-0.1, -0.05) is 6.07 Å². The number of carbonyl (C=O) groups excluding carboxylic acids is 1. The smallest absolute Gasteiger partial charge is 0.331 e. The Balaban J connectivity index is 1.13. The molecule has 5 rings (SSSR count). The van der Waals surface area contributed by atoms with Gasteiger partial charge in [-0.2, -0.15) is 13.2 Å². The SMILES string of the molecule is O=C(N1CC[C@H](c2nnc[nH]2)C1)N1CC2(CN(Cc3ccc(F)cc3C(F)(F)F)C2)C1. The molecule has 31 heavy (non-hydrogen) atoms. The average Bonchev–Trinajstić information content (AvgIpc) is 3.33. The van der Waals surface area contributed by atoms with Crippen LogP contribution in [0.4, 0.5) is 22.4 Å². The molecule has 1 atom stereocenters. The molecule has 0 aliphatic carbocycles. The number of halogens is 4. The number of nitrogens with one attached hydrogen (secondary N) is 1. The van der Waals surface area contributed by atoms with Gasteiger partial charge in [0, 0.05) is 57.1 Å². The molecule has 7 nitrogen and oxygen atoms in total. The van der Waals surface area contributed by atoms with Crippen molar-refractivity contribution in [2.75, 3.05) is 39.3 Å². The number of alkyl halides is 3. The van der Waals surface area contributed by atoms with Crippen LogP contribution in [0.1, 0.15) is 29.3 Å². The number of aromatic amines is 1. The van der Waals surface area contributed by atoms with Gasteiger partial charge in [-0.15, -0.1) is 10.2 Å². The summed E-state index contributed by atoms with van der Waals surface area (Å²) >= 11 is 0. The summed E-state index contributed by atoms with van der Waals surface area (Å²) < 4.78 is 52.9. The minimum Gasteiger partial charge on any atom is -0.331 e. The Morgan fingerprint density at radius 3 is 2.65 bits per heavy atom. The highest BCUT2D eigenvalue weighted by atomic mass is 19.4. The number of H-pyrrole nitrogens is 1. The normalized spacial score (nSPS) is 23.2. The Bertz CT molecular complexity index is 965. The molecule has 3 aliphatic heterocycles. The first-order chi connectivity index (χ1) is 14.7. The summed E-state index contributed by atoms with van der Waals surface area (Å²) in [6.07, 6.45) is -2.21. The van der Waals surface area contributed by atoms with Crippen LogP contribution in [0.15, 0.2) is 24.5 Å². The van der Waals surface area contributed by atoms with Crippen molar-refractivity contribution in [3.63, 3.8) is 0 Å². The molecule has 3 fully saturated rings. The van der Waals surface area contributed by atoms with Crippen LogP contribution in [-0.2, 0) is 12.7 Å². The second kappa shape index (κ2) is 7.18. The first kappa shape index (κ1) is 20.2. The lowest BCUT2D eigenvalue weighted by Gasteiger charge is -2.60. The summed E-state index contributed by atoms with van der Waals surface area (Å²) in [6, 6.07) is 2.82. The summed E-state index contributed by atoms with van der Waals surface area (Å²) in [6.45, 7) is 3.88. The summed E-state index contributed by atoms with van der Waals surface area (Å²) in [4.78, 5) is 21.3. The van der Waals surface area contributed by atoms with Gasteiger partial charge in [-0.25, -0.2) is 9.18 Å². The van der Waals surface area contributed by atoms with E-state index in [0.717, 1.165) is 18.3 Å². The lowest BCUT2D eigenvalue weighted by molar-refractivity contribution is -0.140. The number of rotatable bonds is 3. The van der Waals surface area contributed by atoms with Crippen molar-refractivity contribution in [2.24, 2.45) is 5.41 Å². The van der Waals surface area contributed by atoms with E-state index in [1.54, 1.807) is 4.90 Å². The maximum atomic E-state index is 13.3. The van der Waals surface area contributed by atoms with Crippen molar-refractivity contribution in [2.45, 2.75) is 25.1 Å². The van der Waals surface area contributed by atoms with Crippen LogP contribution in [0, 0.1) is 11.2 Å². The van der Waals surface area contributed by atoms with Crippen molar-refractivity contribution < 1.29 is 22.4 Å². The fraction of sp³-hybridized carbons (Fsp3) is 0.550. The summed E-state index contributed by atoms with van der Waals surface area (Å²) in [5.74, 6) is 0.0696. The molecular formula is C20H22F4N6O. The summed E-state index contributed by atoms with van der Waals surface area (Å²) in [5, 5.41) is 7.82. The number of carbonyl (C=O) groups is 1. The molecule has 1 aromatic heterocycles. The van der Waals surface area contributed by atoms with Crippen molar-refractivity contribution in [3.8, 4) is 0 Å². The number of urea groups is 1. The van der Waals surface area contributed by atoms with E-state index in [4.69, 9.17) is 0 Å². The van der Waals surface area contributed by atoms with Crippen LogP contribution in [0.3, 0.4) is 0 Å². The number of hydrogen-bond donors (Lipinski definition) is 1. The molecule has 1 aromatic carbocycles. The highest BCUT2D eigenvalue weighted by Gasteiger charge is 2.54. The fourth-order valence-corrected chi connectivity index (χ4v) is 5.08. The lowest BCUT2D eigenvalue weighted by Crippen LogP contribution is -2.73. The molecule has 1 N–H and O–H groups in total. The van der Waals surface area contributed by atoms with Gasteiger partial charge >= 0.3 is 12.2 Å². The molecule has 0 unspecified atom stereocenters. The van der Waals surface area contributed by atoms with Crippen LogP contribution in [0.25, 0.3) is 0 Å². The van der Waals surface area contributed by atoms with Gasteiger partial charge in [-0.3, -0.25) is 4.90 Å². The molecule has 1 spiro atoms. The Labute approximate surface area is 176 Å². The molecule has 3 aliphatic rings. The van der Waals surface area contributed by atoms with Crippen LogP contribution in [0.5, 0.6) is 0 Å². The predicted octanol–water partition coefficient (Wildman–Crippen LogP) is 2.69. The Morgan fingerprint density at radius 1 is 1.19 bits per heavy atom. The third-order valence-corrected chi connectivity index (χ3v) is 6.49. The third-order valence-electron chi connectivity index (χ3n) is 6.49. The first-order valence-electron chi connectivity index (χ1n) is 10.2. The molecule has 0 bridgehead atoms. The maximum Gasteiger partial charge on any atom is 0.416 e. The number of aromatic nitrogens is 3. The molecule has 2 aromatic rings. The van der Waals surface area contributed by atoms with Crippen molar-refractivity contribution in [1.82, 2.24) is 29.9 Å². The van der Waals surface area contributed by atoms with E-state index in [9.17, 15) is 22.4 Å². The summed E-state index contributed by atoms with van der Waals surface area (Å²) in [5.41, 5.74) is -0.890. The lowest BCUT2D eigenvalue weighted by atomic mass is 9.72. The molecular weight excluding hydrogens is 416 g/mol. The zero-order chi connectivity index (χ0) is 21.8. The quantitative estimate of drug-likeness (QED) is 0.749. The van der Waals surface area contributed by atoms with Gasteiger partial charge in [0.15, 0.2) is 0 Å². The monoisotopic (exact) mass is 438 g/mol. The largest absolute Gasteiger partial charge is 0.416 e. The van der Waals surface area contributed by atoms with Crippen molar-refractivity contribution in [3.05, 3.63) is 47.3 Å². The number of benzene rings is 1. The summed E-state index contributed by atoms with van der Waals surface area (Å²) in [7, 11) is 0. The van der Waals surface area contributed by atoms with E-state index in [1.165, 1.54) is 12.4 Å². The maximum absolute atomic E-state index is 13.3. The van der Waals surface area contributed by atoms with Crippen LogP contribution in [0.2, 0.25) is 0 Å². The number of nitrogens with zero attached hydrogens (tertiary/aromatic N) is 5. The number of likely N-dealkylation sites (tertiary alicyclic amines) is 3. The standard InChI is InChI=1S/C20H22F4N6O/c21-15-2-1-13(16(5-15)20(22,23)24)6-28-8-19(9-28)10-30(11-19)18(31)29-4-3-14(7-29)17-25-12-26-27-17/h1-2,5,12,14H,3-4,6-11H2,(H,25,26,27)/t14-/m0/s1. The van der Waals surface area contributed by atoms with Gasteiger partial charge in [-0.05, 0) is 24.1 Å². The minimum absolute atomic E-state index is 0.00369. The van der Waals surface area contributed by atoms with Gasteiger partial charge < -0.3 is 14.8 Å². The highest BCUT2D eigenvalue weighted by Crippen LogP contribution is 2.42. The highest BCUT2D eigenvalue weighted by molar-refractivity contribution is 5.76. The van der Waals surface area contributed by atoms with Crippen molar-refractivity contribution in [1.29, 1.82) is 0 Å². The molecule has 3 saturated heterocycles. The molecule has 2 amide bonds. The minimum atomic E-state index is -4.58.